The normalized spacial score (nSPS) is 20.2. The van der Waals surface area contributed by atoms with Gasteiger partial charge in [0, 0.05) is 54.6 Å². The largest absolute Gasteiger partial charge is 0.444 e. The average molecular weight is 579 g/mol. The number of nitrogens with zero attached hydrogens (tertiary/aromatic N) is 5. The Labute approximate surface area is 222 Å². The number of likely N-dealkylation sites (tertiary alicyclic amines) is 1. The maximum Gasteiger partial charge on any atom is 0.410 e. The molecule has 0 aromatic carbocycles. The van der Waals surface area contributed by atoms with Crippen molar-refractivity contribution in [1.29, 1.82) is 0 Å². The minimum atomic E-state index is -0.496. The van der Waals surface area contributed by atoms with Crippen molar-refractivity contribution in [3.8, 4) is 11.3 Å². The fourth-order valence-electron chi connectivity index (χ4n) is 6.27. The van der Waals surface area contributed by atoms with E-state index in [2.05, 4.69) is 26.0 Å². The van der Waals surface area contributed by atoms with E-state index in [1.54, 1.807) is 10.9 Å². The summed E-state index contributed by atoms with van der Waals surface area (Å²) in [5.74, 6) is 0. The molecule has 192 valence electrons. The molecular weight excluding hydrogens is 549 g/mol. The van der Waals surface area contributed by atoms with Crippen LogP contribution in [-0.4, -0.2) is 48.4 Å². The number of carbonyl (C=O) groups excluding carboxylic acids is 1. The Morgan fingerprint density at radius 3 is 2.58 bits per heavy atom. The number of carbonyl (C=O) groups is 1. The third kappa shape index (κ3) is 3.68. The van der Waals surface area contributed by atoms with E-state index in [1.807, 2.05) is 45.1 Å². The Morgan fingerprint density at radius 1 is 1.25 bits per heavy atom. The van der Waals surface area contributed by atoms with E-state index in [0.717, 1.165) is 52.2 Å². The number of rotatable bonds is 2. The van der Waals surface area contributed by atoms with Gasteiger partial charge in [-0.2, -0.15) is 5.10 Å². The van der Waals surface area contributed by atoms with E-state index < -0.39 is 11.2 Å². The van der Waals surface area contributed by atoms with Gasteiger partial charge in [0.2, 0.25) is 0 Å². The first-order chi connectivity index (χ1) is 17.0. The van der Waals surface area contributed by atoms with E-state index in [4.69, 9.17) is 9.47 Å². The lowest BCUT2D eigenvalue weighted by atomic mass is 9.53. The van der Waals surface area contributed by atoms with Crippen LogP contribution in [0.4, 0.5) is 8.68 Å². The van der Waals surface area contributed by atoms with Crippen LogP contribution in [-0.2, 0) is 28.7 Å². The van der Waals surface area contributed by atoms with Crippen LogP contribution in [0.5, 0.6) is 0 Å². The molecule has 1 amide bonds. The Balaban J connectivity index is 1.31. The van der Waals surface area contributed by atoms with Gasteiger partial charge in [-0.15, -0.1) is 3.89 Å². The first-order valence-corrected chi connectivity index (χ1v) is 13.6. The molecule has 0 bridgehead atoms. The number of amides is 1. The summed E-state index contributed by atoms with van der Waals surface area (Å²) < 4.78 is 30.4. The van der Waals surface area contributed by atoms with E-state index >= 15 is 0 Å². The first kappa shape index (κ1) is 24.2. The average Bonchev–Trinajstić information content (AvgIpc) is 3.46. The zero-order chi connectivity index (χ0) is 25.5. The van der Waals surface area contributed by atoms with Crippen LogP contribution >= 0.6 is 28.3 Å². The van der Waals surface area contributed by atoms with Crippen LogP contribution in [0.3, 0.4) is 0 Å². The zero-order valence-electron chi connectivity index (χ0n) is 20.8. The van der Waals surface area contributed by atoms with E-state index in [0.29, 0.717) is 31.0 Å². The Kier molecular flexibility index (Phi) is 5.52. The molecule has 0 atom stereocenters. The Bertz CT molecular complexity index is 1360. The maximum absolute atomic E-state index is 14.3. The summed E-state index contributed by atoms with van der Waals surface area (Å²) in [5, 5.41) is 5.18. The highest BCUT2D eigenvalue weighted by Gasteiger charge is 2.60. The first-order valence-electron chi connectivity index (χ1n) is 12.2. The fraction of sp³-hybridized carbons (Fsp3) is 0.560. The van der Waals surface area contributed by atoms with Crippen molar-refractivity contribution in [2.45, 2.75) is 64.3 Å². The topological polar surface area (TPSA) is 74.4 Å². The number of aromatic nitrogens is 4. The van der Waals surface area contributed by atoms with Crippen molar-refractivity contribution in [3.63, 3.8) is 0 Å². The third-order valence-electron chi connectivity index (χ3n) is 7.76. The molecule has 8 nitrogen and oxygen atoms in total. The van der Waals surface area contributed by atoms with Crippen molar-refractivity contribution in [3.05, 3.63) is 34.2 Å². The summed E-state index contributed by atoms with van der Waals surface area (Å²) >= 11 is 3.94. The second-order valence-corrected chi connectivity index (χ2v) is 12.7. The van der Waals surface area contributed by atoms with Crippen molar-refractivity contribution in [1.82, 2.24) is 23.6 Å². The Hall–Kier alpha value is -2.11. The number of pyridine rings is 1. The molecule has 6 rings (SSSR count). The molecule has 0 unspecified atom stereocenters. The van der Waals surface area contributed by atoms with Crippen LogP contribution in [0.2, 0.25) is 0 Å². The van der Waals surface area contributed by atoms with Gasteiger partial charge in [-0.3, -0.25) is 4.68 Å². The second-order valence-electron chi connectivity index (χ2n) is 11.4. The minimum Gasteiger partial charge on any atom is -0.444 e. The maximum atomic E-state index is 14.3. The number of fused-ring (bicyclic) bond motifs is 4. The summed E-state index contributed by atoms with van der Waals surface area (Å²) in [6, 6.07) is 0. The van der Waals surface area contributed by atoms with Gasteiger partial charge in [-0.1, -0.05) is 0 Å². The number of halogens is 2. The summed E-state index contributed by atoms with van der Waals surface area (Å²) in [6.45, 7) is 7.55. The second kappa shape index (κ2) is 8.19. The van der Waals surface area contributed by atoms with Crippen molar-refractivity contribution in [2.24, 2.45) is 12.5 Å². The molecule has 36 heavy (non-hydrogen) atoms. The third-order valence-corrected chi connectivity index (χ3v) is 9.03. The van der Waals surface area contributed by atoms with E-state index in [1.165, 1.54) is 3.97 Å². The van der Waals surface area contributed by atoms with Gasteiger partial charge in [0.25, 0.3) is 0 Å². The van der Waals surface area contributed by atoms with Crippen LogP contribution < -0.4 is 0 Å². The zero-order valence-corrected chi connectivity index (χ0v) is 23.2. The van der Waals surface area contributed by atoms with Gasteiger partial charge in [-0.25, -0.2) is 13.8 Å². The molecule has 11 heteroatoms. The number of hydrogen-bond acceptors (Lipinski definition) is 6. The fourth-order valence-corrected chi connectivity index (χ4v) is 7.64. The summed E-state index contributed by atoms with van der Waals surface area (Å²) in [7, 11) is 1.84. The molecule has 0 radical (unpaired) electrons. The summed E-state index contributed by atoms with van der Waals surface area (Å²) in [6.07, 6.45) is 8.81. The van der Waals surface area contributed by atoms with Crippen molar-refractivity contribution < 1.29 is 18.2 Å². The lowest BCUT2D eigenvalue weighted by Gasteiger charge is -2.57. The highest BCUT2D eigenvalue weighted by Crippen LogP contribution is 2.65. The van der Waals surface area contributed by atoms with Gasteiger partial charge in [0.05, 0.1) is 28.6 Å². The van der Waals surface area contributed by atoms with Crippen LogP contribution in [0, 0.1) is 5.41 Å². The van der Waals surface area contributed by atoms with Gasteiger partial charge in [-0.05, 0) is 67.8 Å². The highest BCUT2D eigenvalue weighted by molar-refractivity contribution is 9.10. The summed E-state index contributed by atoms with van der Waals surface area (Å²) in [4.78, 5) is 19.0. The SMILES string of the molecule is Cn1cc(-c2c(Br)c3c4c(cnc3n2SF)COC42CC3(CCN(C(=O)OC(C)(C)C)CC3)C2)cn1. The number of hydrogen-bond donors (Lipinski definition) is 0. The van der Waals surface area contributed by atoms with Gasteiger partial charge in [0.1, 0.15) is 5.60 Å². The Morgan fingerprint density at radius 2 is 1.97 bits per heavy atom. The monoisotopic (exact) mass is 577 g/mol. The molecule has 3 aromatic rings. The molecular formula is C25H29BrFN5O3S. The van der Waals surface area contributed by atoms with Crippen LogP contribution in [0.1, 0.15) is 57.6 Å². The molecule has 1 aliphatic carbocycles. The number of piperidine rings is 1. The summed E-state index contributed by atoms with van der Waals surface area (Å²) in [5.41, 5.74) is 3.50. The standard InChI is InChI=1S/C25H29BrFN5O3S/c1-23(2,3)35-22(33)31-7-5-24(6-8-31)13-25(14-24)18-16(12-34-25)9-28-21-17(18)19(26)20(32(21)36-27)15-10-29-30(4)11-15/h9-11H,5-8,12-14H2,1-4H3. The highest BCUT2D eigenvalue weighted by atomic mass is 79.9. The molecule has 2 fully saturated rings. The molecule has 1 saturated carbocycles. The number of ether oxygens (including phenoxy) is 2. The van der Waals surface area contributed by atoms with Crippen LogP contribution in [0.25, 0.3) is 22.3 Å². The molecule has 2 spiro atoms. The smallest absolute Gasteiger partial charge is 0.410 e. The predicted molar refractivity (Wildman–Crippen MR) is 139 cm³/mol. The molecule has 1 saturated heterocycles. The van der Waals surface area contributed by atoms with Gasteiger partial charge < -0.3 is 14.4 Å². The van der Waals surface area contributed by atoms with Crippen molar-refractivity contribution in [2.75, 3.05) is 13.1 Å². The molecule has 3 aliphatic rings. The van der Waals surface area contributed by atoms with Crippen molar-refractivity contribution >= 4 is 45.4 Å². The number of aryl methyl sites for hydroxylation is 1. The lowest BCUT2D eigenvalue weighted by Crippen LogP contribution is -2.55. The lowest BCUT2D eigenvalue weighted by molar-refractivity contribution is -0.181. The van der Waals surface area contributed by atoms with E-state index in [9.17, 15) is 8.68 Å². The predicted octanol–water partition coefficient (Wildman–Crippen LogP) is 6.12. The molecule has 5 heterocycles. The van der Waals surface area contributed by atoms with Gasteiger partial charge >= 0.3 is 6.09 Å². The van der Waals surface area contributed by atoms with Crippen LogP contribution in [0.15, 0.2) is 23.1 Å². The van der Waals surface area contributed by atoms with E-state index in [-0.39, 0.29) is 23.8 Å². The molecule has 0 N–H and O–H groups in total. The molecule has 3 aromatic heterocycles. The molecule has 2 aliphatic heterocycles. The quantitative estimate of drug-likeness (QED) is 0.365. The minimum absolute atomic E-state index is 0.131. The van der Waals surface area contributed by atoms with Gasteiger partial charge in [0.15, 0.2) is 18.0 Å².